The number of carboxylic acids is 1. The maximum atomic E-state index is 11.1. The Balaban J connectivity index is 1.71. The molecule has 1 aromatic carbocycles. The van der Waals surface area contributed by atoms with Crippen LogP contribution in [0.1, 0.15) is 50.0 Å². The van der Waals surface area contributed by atoms with Gasteiger partial charge < -0.3 is 19.6 Å². The lowest BCUT2D eigenvalue weighted by Gasteiger charge is -2.29. The summed E-state index contributed by atoms with van der Waals surface area (Å²) >= 11 is 0. The van der Waals surface area contributed by atoms with Gasteiger partial charge in [-0.1, -0.05) is 0 Å². The maximum Gasteiger partial charge on any atom is 0.306 e. The third kappa shape index (κ3) is 3.26. The highest BCUT2D eigenvalue weighted by Gasteiger charge is 2.27. The molecule has 1 heterocycles. The van der Waals surface area contributed by atoms with Crippen molar-refractivity contribution in [1.29, 1.82) is 0 Å². The number of nitrogens with one attached hydrogen (secondary N) is 1. The van der Waals surface area contributed by atoms with Crippen molar-refractivity contribution >= 4 is 16.9 Å². The second-order valence-corrected chi connectivity index (χ2v) is 6.73. The molecule has 0 radical (unpaired) electrons. The summed E-state index contributed by atoms with van der Waals surface area (Å²) in [6.45, 7) is 4.17. The molecule has 0 spiro atoms. The highest BCUT2D eigenvalue weighted by atomic mass is 16.5. The number of fused-ring (bicyclic) bond motifs is 1. The number of carbonyl (C=O) groups is 1. The van der Waals surface area contributed by atoms with Gasteiger partial charge in [-0.05, 0) is 57.7 Å². The van der Waals surface area contributed by atoms with Crippen molar-refractivity contribution in [2.75, 3.05) is 7.11 Å². The van der Waals surface area contributed by atoms with E-state index in [-0.39, 0.29) is 12.0 Å². The van der Waals surface area contributed by atoms with E-state index >= 15 is 0 Å². The van der Waals surface area contributed by atoms with Gasteiger partial charge in [-0.15, -0.1) is 0 Å². The van der Waals surface area contributed by atoms with Crippen LogP contribution in [-0.4, -0.2) is 24.2 Å². The molecular weight excluding hydrogens is 306 g/mol. The minimum Gasteiger partial charge on any atom is -0.497 e. The van der Waals surface area contributed by atoms with Crippen LogP contribution in [0.25, 0.3) is 11.0 Å². The number of rotatable bonds is 5. The molecule has 0 saturated heterocycles. The van der Waals surface area contributed by atoms with Crippen LogP contribution in [0.2, 0.25) is 0 Å². The van der Waals surface area contributed by atoms with Crippen molar-refractivity contribution < 1.29 is 19.1 Å². The van der Waals surface area contributed by atoms with Crippen LogP contribution < -0.4 is 10.1 Å². The summed E-state index contributed by atoms with van der Waals surface area (Å²) in [4.78, 5) is 11.1. The minimum absolute atomic E-state index is 0.0924. The SMILES string of the molecule is COc1ccc2oc(C(C)NC3CCC(C(=O)O)CC3)c(C)c2c1. The summed E-state index contributed by atoms with van der Waals surface area (Å²) in [6.07, 6.45) is 3.29. The van der Waals surface area contributed by atoms with E-state index in [2.05, 4.69) is 19.2 Å². The molecule has 0 amide bonds. The summed E-state index contributed by atoms with van der Waals surface area (Å²) in [6, 6.07) is 6.28. The molecule has 130 valence electrons. The van der Waals surface area contributed by atoms with Gasteiger partial charge in [0.05, 0.1) is 19.1 Å². The molecule has 1 unspecified atom stereocenters. The lowest BCUT2D eigenvalue weighted by atomic mass is 9.86. The average molecular weight is 331 g/mol. The van der Waals surface area contributed by atoms with E-state index in [0.717, 1.165) is 53.7 Å². The molecule has 24 heavy (non-hydrogen) atoms. The van der Waals surface area contributed by atoms with E-state index in [9.17, 15) is 4.79 Å². The van der Waals surface area contributed by atoms with Crippen LogP contribution in [0.5, 0.6) is 5.75 Å². The number of methoxy groups -OCH3 is 1. The van der Waals surface area contributed by atoms with Gasteiger partial charge in [0, 0.05) is 17.0 Å². The molecule has 5 heteroatoms. The molecule has 2 N–H and O–H groups in total. The largest absolute Gasteiger partial charge is 0.497 e. The van der Waals surface area contributed by atoms with E-state index in [4.69, 9.17) is 14.3 Å². The minimum atomic E-state index is -0.663. The Bertz CT molecular complexity index is 728. The number of furan rings is 1. The third-order valence-electron chi connectivity index (χ3n) is 5.14. The Morgan fingerprint density at radius 3 is 2.67 bits per heavy atom. The summed E-state index contributed by atoms with van der Waals surface area (Å²) in [5.74, 6) is 0.923. The lowest BCUT2D eigenvalue weighted by Crippen LogP contribution is -2.36. The first-order valence-corrected chi connectivity index (χ1v) is 8.55. The van der Waals surface area contributed by atoms with Gasteiger partial charge >= 0.3 is 5.97 Å². The van der Waals surface area contributed by atoms with E-state index in [0.29, 0.717) is 6.04 Å². The van der Waals surface area contributed by atoms with Crippen LogP contribution in [-0.2, 0) is 4.79 Å². The molecule has 0 bridgehead atoms. The Labute approximate surface area is 142 Å². The first kappa shape index (κ1) is 16.8. The maximum absolute atomic E-state index is 11.1. The highest BCUT2D eigenvalue weighted by molar-refractivity contribution is 5.83. The van der Waals surface area contributed by atoms with Crippen LogP contribution in [0, 0.1) is 12.8 Å². The topological polar surface area (TPSA) is 71.7 Å². The Morgan fingerprint density at radius 2 is 2.04 bits per heavy atom. The number of aliphatic carboxylic acids is 1. The molecular formula is C19H25NO4. The Kier molecular flexibility index (Phi) is 4.81. The fourth-order valence-corrected chi connectivity index (χ4v) is 3.70. The molecule has 5 nitrogen and oxygen atoms in total. The van der Waals surface area contributed by atoms with Crippen LogP contribution >= 0.6 is 0 Å². The molecule has 2 aromatic rings. The quantitative estimate of drug-likeness (QED) is 0.865. The van der Waals surface area contributed by atoms with Crippen molar-refractivity contribution in [3.05, 3.63) is 29.5 Å². The fraction of sp³-hybridized carbons (Fsp3) is 0.526. The number of benzene rings is 1. The zero-order valence-electron chi connectivity index (χ0n) is 14.5. The summed E-state index contributed by atoms with van der Waals surface area (Å²) in [5, 5.41) is 13.8. The third-order valence-corrected chi connectivity index (χ3v) is 5.14. The van der Waals surface area contributed by atoms with E-state index in [1.807, 2.05) is 18.2 Å². The van der Waals surface area contributed by atoms with E-state index in [1.54, 1.807) is 7.11 Å². The summed E-state index contributed by atoms with van der Waals surface area (Å²) in [5.41, 5.74) is 2.00. The van der Waals surface area contributed by atoms with Crippen LogP contribution in [0.3, 0.4) is 0 Å². The number of hydrogen-bond acceptors (Lipinski definition) is 4. The lowest BCUT2D eigenvalue weighted by molar-refractivity contribution is -0.142. The van der Waals surface area contributed by atoms with Gasteiger partial charge in [0.1, 0.15) is 17.1 Å². The van der Waals surface area contributed by atoms with Gasteiger partial charge in [-0.2, -0.15) is 0 Å². The Morgan fingerprint density at radius 1 is 1.33 bits per heavy atom. The van der Waals surface area contributed by atoms with Crippen molar-refractivity contribution in [1.82, 2.24) is 5.32 Å². The van der Waals surface area contributed by atoms with Gasteiger partial charge in [0.15, 0.2) is 0 Å². The van der Waals surface area contributed by atoms with Crippen molar-refractivity contribution in [3.63, 3.8) is 0 Å². The van der Waals surface area contributed by atoms with Crippen molar-refractivity contribution in [2.24, 2.45) is 5.92 Å². The normalized spacial score (nSPS) is 22.5. The first-order chi connectivity index (χ1) is 11.5. The first-order valence-electron chi connectivity index (χ1n) is 8.55. The molecule has 1 atom stereocenters. The average Bonchev–Trinajstić information content (AvgIpc) is 2.91. The van der Waals surface area contributed by atoms with E-state index in [1.165, 1.54) is 0 Å². The van der Waals surface area contributed by atoms with Crippen molar-refractivity contribution in [2.45, 2.75) is 51.6 Å². The van der Waals surface area contributed by atoms with E-state index < -0.39 is 5.97 Å². The predicted molar refractivity (Wildman–Crippen MR) is 92.4 cm³/mol. The standard InChI is InChI=1S/C19H25NO4/c1-11-16-10-15(23-3)8-9-17(16)24-18(11)12(2)20-14-6-4-13(5-7-14)19(21)22/h8-10,12-14,20H,4-7H2,1-3H3,(H,21,22). The van der Waals surface area contributed by atoms with Gasteiger partial charge in [-0.3, -0.25) is 4.79 Å². The number of aryl methyl sites for hydroxylation is 1. The fourth-order valence-electron chi connectivity index (χ4n) is 3.70. The van der Waals surface area contributed by atoms with Crippen LogP contribution in [0.15, 0.2) is 22.6 Å². The molecule has 1 aromatic heterocycles. The monoisotopic (exact) mass is 331 g/mol. The highest BCUT2D eigenvalue weighted by Crippen LogP contribution is 2.33. The van der Waals surface area contributed by atoms with Crippen LogP contribution in [0.4, 0.5) is 0 Å². The summed E-state index contributed by atoms with van der Waals surface area (Å²) < 4.78 is 11.3. The van der Waals surface area contributed by atoms with Gasteiger partial charge in [0.2, 0.25) is 0 Å². The molecule has 1 aliphatic rings. The Hall–Kier alpha value is -2.01. The molecule has 0 aliphatic heterocycles. The molecule has 1 saturated carbocycles. The van der Waals surface area contributed by atoms with Gasteiger partial charge in [-0.25, -0.2) is 0 Å². The molecule has 1 aliphatic carbocycles. The zero-order valence-corrected chi connectivity index (χ0v) is 14.5. The predicted octanol–water partition coefficient (Wildman–Crippen LogP) is 4.04. The number of hydrogen-bond donors (Lipinski definition) is 2. The summed E-state index contributed by atoms with van der Waals surface area (Å²) in [7, 11) is 1.66. The second-order valence-electron chi connectivity index (χ2n) is 6.73. The number of carboxylic acid groups (broad SMARTS) is 1. The number of ether oxygens (including phenoxy) is 1. The van der Waals surface area contributed by atoms with Crippen molar-refractivity contribution in [3.8, 4) is 5.75 Å². The second kappa shape index (κ2) is 6.85. The zero-order chi connectivity index (χ0) is 17.3. The molecule has 3 rings (SSSR count). The smallest absolute Gasteiger partial charge is 0.306 e. The molecule has 1 fully saturated rings. The van der Waals surface area contributed by atoms with Gasteiger partial charge in [0.25, 0.3) is 0 Å².